The Kier molecular flexibility index (Phi) is 14.8. The highest BCUT2D eigenvalue weighted by atomic mass is 16.0. The molecular weight excluding hydrogens is 184 g/mol. The summed E-state index contributed by atoms with van der Waals surface area (Å²) in [4.78, 5) is 0. The Hall–Kier alpha value is -0.240. The SMILES string of the molecule is C1CNCCN1.C1CNCCN1.O.O. The third kappa shape index (κ3) is 9.85. The number of hydrogen-bond acceptors (Lipinski definition) is 4. The van der Waals surface area contributed by atoms with Gasteiger partial charge in [0.05, 0.1) is 0 Å². The maximum absolute atomic E-state index is 3.22. The quantitative estimate of drug-likeness (QED) is 0.334. The van der Waals surface area contributed by atoms with Crippen LogP contribution in [0.25, 0.3) is 0 Å². The fraction of sp³-hybridized carbons (Fsp3) is 1.00. The summed E-state index contributed by atoms with van der Waals surface area (Å²) in [5, 5.41) is 12.9. The van der Waals surface area contributed by atoms with Gasteiger partial charge in [-0.05, 0) is 0 Å². The molecule has 2 aliphatic heterocycles. The van der Waals surface area contributed by atoms with Crippen molar-refractivity contribution in [3.63, 3.8) is 0 Å². The molecule has 0 bridgehead atoms. The molecule has 14 heavy (non-hydrogen) atoms. The van der Waals surface area contributed by atoms with Gasteiger partial charge in [-0.2, -0.15) is 0 Å². The molecule has 0 radical (unpaired) electrons. The van der Waals surface area contributed by atoms with Crippen molar-refractivity contribution >= 4 is 0 Å². The van der Waals surface area contributed by atoms with Gasteiger partial charge in [0.1, 0.15) is 0 Å². The molecule has 6 nitrogen and oxygen atoms in total. The van der Waals surface area contributed by atoms with E-state index in [0.717, 1.165) is 52.4 Å². The Bertz CT molecular complexity index is 62.3. The first-order chi connectivity index (χ1) is 6.00. The van der Waals surface area contributed by atoms with Crippen LogP contribution in [-0.4, -0.2) is 63.3 Å². The summed E-state index contributed by atoms with van der Waals surface area (Å²) in [5.74, 6) is 0. The second-order valence-electron chi connectivity index (χ2n) is 3.00. The van der Waals surface area contributed by atoms with E-state index in [9.17, 15) is 0 Å². The molecule has 2 saturated heterocycles. The smallest absolute Gasteiger partial charge is 0.00772 e. The minimum Gasteiger partial charge on any atom is -0.412 e. The van der Waals surface area contributed by atoms with E-state index in [4.69, 9.17) is 0 Å². The first kappa shape index (κ1) is 16.2. The van der Waals surface area contributed by atoms with Gasteiger partial charge in [0.15, 0.2) is 0 Å². The standard InChI is InChI=1S/2C4H10N2.2H2O/c2*1-2-6-4-3-5-1;;/h2*5-6H,1-4H2;2*1H2. The normalized spacial score (nSPS) is 20.6. The number of rotatable bonds is 0. The predicted molar refractivity (Wildman–Crippen MR) is 58.7 cm³/mol. The van der Waals surface area contributed by atoms with Crippen LogP contribution in [0.4, 0.5) is 0 Å². The summed E-state index contributed by atoms with van der Waals surface area (Å²) >= 11 is 0. The zero-order chi connectivity index (χ0) is 8.49. The Morgan fingerprint density at radius 3 is 0.571 bits per heavy atom. The lowest BCUT2D eigenvalue weighted by Crippen LogP contribution is -2.39. The summed E-state index contributed by atoms with van der Waals surface area (Å²) < 4.78 is 0. The maximum Gasteiger partial charge on any atom is 0.00772 e. The molecule has 2 rings (SSSR count). The Balaban J connectivity index is 0. The Labute approximate surface area is 85.4 Å². The van der Waals surface area contributed by atoms with Crippen molar-refractivity contribution in [2.75, 3.05) is 52.4 Å². The molecule has 0 aromatic heterocycles. The molecule has 8 N–H and O–H groups in total. The van der Waals surface area contributed by atoms with Crippen LogP contribution < -0.4 is 21.3 Å². The minimum absolute atomic E-state index is 0. The van der Waals surface area contributed by atoms with Crippen molar-refractivity contribution in [3.05, 3.63) is 0 Å². The van der Waals surface area contributed by atoms with Gasteiger partial charge < -0.3 is 32.2 Å². The van der Waals surface area contributed by atoms with Crippen molar-refractivity contribution in [1.29, 1.82) is 0 Å². The molecule has 0 amide bonds. The lowest BCUT2D eigenvalue weighted by atomic mass is 10.4. The lowest BCUT2D eigenvalue weighted by Gasteiger charge is -2.11. The number of hydrogen-bond donors (Lipinski definition) is 4. The van der Waals surface area contributed by atoms with Gasteiger partial charge in [0, 0.05) is 52.4 Å². The highest BCUT2D eigenvalue weighted by molar-refractivity contribution is 4.59. The average molecular weight is 208 g/mol. The lowest BCUT2D eigenvalue weighted by molar-refractivity contribution is 0.534. The van der Waals surface area contributed by atoms with Crippen molar-refractivity contribution in [2.45, 2.75) is 0 Å². The zero-order valence-electron chi connectivity index (χ0n) is 8.66. The van der Waals surface area contributed by atoms with Gasteiger partial charge in [0.25, 0.3) is 0 Å². The summed E-state index contributed by atoms with van der Waals surface area (Å²) in [6.07, 6.45) is 0. The van der Waals surface area contributed by atoms with Crippen LogP contribution in [0.3, 0.4) is 0 Å². The summed E-state index contributed by atoms with van der Waals surface area (Å²) in [5.41, 5.74) is 0. The van der Waals surface area contributed by atoms with Gasteiger partial charge in [-0.3, -0.25) is 0 Å². The summed E-state index contributed by atoms with van der Waals surface area (Å²) in [7, 11) is 0. The third-order valence-electron chi connectivity index (χ3n) is 1.91. The molecular formula is C8H24N4O2. The molecule has 88 valence electrons. The second-order valence-corrected chi connectivity index (χ2v) is 3.00. The fourth-order valence-corrected chi connectivity index (χ4v) is 1.21. The highest BCUT2D eigenvalue weighted by Crippen LogP contribution is 1.65. The van der Waals surface area contributed by atoms with Gasteiger partial charge in [-0.1, -0.05) is 0 Å². The van der Waals surface area contributed by atoms with Crippen molar-refractivity contribution < 1.29 is 11.0 Å². The van der Waals surface area contributed by atoms with Gasteiger partial charge in [-0.15, -0.1) is 0 Å². The number of nitrogens with one attached hydrogen (secondary N) is 4. The van der Waals surface area contributed by atoms with Crippen LogP contribution in [0, 0.1) is 0 Å². The largest absolute Gasteiger partial charge is 0.412 e. The molecule has 0 spiro atoms. The predicted octanol–water partition coefficient (Wildman–Crippen LogP) is -3.29. The first-order valence-electron chi connectivity index (χ1n) is 4.83. The molecule has 0 aromatic carbocycles. The van der Waals surface area contributed by atoms with Crippen molar-refractivity contribution in [3.8, 4) is 0 Å². The third-order valence-corrected chi connectivity index (χ3v) is 1.91. The van der Waals surface area contributed by atoms with Crippen LogP contribution >= 0.6 is 0 Å². The fourth-order valence-electron chi connectivity index (χ4n) is 1.21. The molecule has 0 aliphatic carbocycles. The summed E-state index contributed by atoms with van der Waals surface area (Å²) in [6, 6.07) is 0. The molecule has 2 aliphatic rings. The minimum atomic E-state index is 0. The van der Waals surface area contributed by atoms with Crippen LogP contribution in [0.5, 0.6) is 0 Å². The molecule has 0 atom stereocenters. The highest BCUT2D eigenvalue weighted by Gasteiger charge is 1.92. The van der Waals surface area contributed by atoms with E-state index >= 15 is 0 Å². The van der Waals surface area contributed by atoms with Crippen molar-refractivity contribution in [2.24, 2.45) is 0 Å². The van der Waals surface area contributed by atoms with E-state index in [1.165, 1.54) is 0 Å². The Morgan fingerprint density at radius 1 is 0.357 bits per heavy atom. The van der Waals surface area contributed by atoms with E-state index < -0.39 is 0 Å². The average Bonchev–Trinajstić information content (AvgIpc) is 2.24. The number of piperazine rings is 2. The van der Waals surface area contributed by atoms with E-state index in [0.29, 0.717) is 0 Å². The van der Waals surface area contributed by atoms with Gasteiger partial charge in [-0.25, -0.2) is 0 Å². The first-order valence-corrected chi connectivity index (χ1v) is 4.83. The van der Waals surface area contributed by atoms with Gasteiger partial charge in [0.2, 0.25) is 0 Å². The van der Waals surface area contributed by atoms with E-state index in [2.05, 4.69) is 21.3 Å². The Morgan fingerprint density at radius 2 is 0.500 bits per heavy atom. The van der Waals surface area contributed by atoms with Gasteiger partial charge >= 0.3 is 0 Å². The van der Waals surface area contributed by atoms with E-state index in [-0.39, 0.29) is 11.0 Å². The molecule has 0 aromatic rings. The molecule has 2 fully saturated rings. The molecule has 0 saturated carbocycles. The van der Waals surface area contributed by atoms with Crippen LogP contribution in [0.1, 0.15) is 0 Å². The maximum atomic E-state index is 3.22. The monoisotopic (exact) mass is 208 g/mol. The van der Waals surface area contributed by atoms with Crippen LogP contribution in [0.15, 0.2) is 0 Å². The van der Waals surface area contributed by atoms with Crippen LogP contribution in [-0.2, 0) is 0 Å². The van der Waals surface area contributed by atoms with E-state index in [1.54, 1.807) is 0 Å². The second kappa shape index (κ2) is 12.8. The van der Waals surface area contributed by atoms with Crippen LogP contribution in [0.2, 0.25) is 0 Å². The van der Waals surface area contributed by atoms with Crippen molar-refractivity contribution in [1.82, 2.24) is 21.3 Å². The topological polar surface area (TPSA) is 111 Å². The molecule has 2 heterocycles. The zero-order valence-corrected chi connectivity index (χ0v) is 8.66. The molecule has 6 heteroatoms. The van der Waals surface area contributed by atoms with E-state index in [1.807, 2.05) is 0 Å². The molecule has 0 unspecified atom stereocenters. The summed E-state index contributed by atoms with van der Waals surface area (Å²) in [6.45, 7) is 9.11.